The molecule has 1 aromatic heterocycles. The Bertz CT molecular complexity index is 537. The first-order valence-electron chi connectivity index (χ1n) is 6.07. The number of anilines is 1. The Morgan fingerprint density at radius 3 is 2.75 bits per heavy atom. The minimum Gasteiger partial charge on any atom is -0.481 e. The number of amides is 2. The summed E-state index contributed by atoms with van der Waals surface area (Å²) in [4.78, 5) is 35.3. The fraction of sp³-hybridized carbons (Fsp3) is 0.417. The molecule has 1 aromatic rings. The smallest absolute Gasteiger partial charge is 0.303 e. The highest BCUT2D eigenvalue weighted by molar-refractivity contribution is 7.14. The van der Waals surface area contributed by atoms with E-state index in [2.05, 4.69) is 5.32 Å². The van der Waals surface area contributed by atoms with Crippen molar-refractivity contribution in [1.29, 1.82) is 0 Å². The molecule has 0 saturated carbocycles. The van der Waals surface area contributed by atoms with Gasteiger partial charge in [0.25, 0.3) is 5.91 Å². The second kappa shape index (κ2) is 6.02. The number of carboxylic acid groups (broad SMARTS) is 1. The highest BCUT2D eigenvalue weighted by Gasteiger charge is 2.29. The molecule has 0 unspecified atom stereocenters. The van der Waals surface area contributed by atoms with E-state index in [-0.39, 0.29) is 24.8 Å². The summed E-state index contributed by atoms with van der Waals surface area (Å²) in [6.45, 7) is 1.39. The Morgan fingerprint density at radius 1 is 1.45 bits per heavy atom. The maximum Gasteiger partial charge on any atom is 0.303 e. The van der Waals surface area contributed by atoms with E-state index in [1.807, 2.05) is 4.90 Å². The van der Waals surface area contributed by atoms with E-state index < -0.39 is 11.9 Å². The van der Waals surface area contributed by atoms with E-state index in [4.69, 9.17) is 10.8 Å². The molecule has 1 saturated heterocycles. The number of hydrogen-bond donors (Lipinski definition) is 3. The molecule has 0 spiro atoms. The van der Waals surface area contributed by atoms with Crippen LogP contribution in [0.1, 0.15) is 16.8 Å². The fourth-order valence-corrected chi connectivity index (χ4v) is 2.96. The van der Waals surface area contributed by atoms with E-state index in [0.29, 0.717) is 23.7 Å². The number of thiophene rings is 1. The minimum absolute atomic E-state index is 0.114. The van der Waals surface area contributed by atoms with Crippen LogP contribution in [0.25, 0.3) is 0 Å². The average molecular weight is 297 g/mol. The Hall–Kier alpha value is -1.93. The summed E-state index contributed by atoms with van der Waals surface area (Å²) in [6.07, 6.45) is 0.134. The van der Waals surface area contributed by atoms with E-state index in [0.717, 1.165) is 0 Å². The van der Waals surface area contributed by atoms with Crippen molar-refractivity contribution in [1.82, 2.24) is 4.90 Å². The van der Waals surface area contributed by atoms with Crippen molar-refractivity contribution in [3.8, 4) is 0 Å². The van der Waals surface area contributed by atoms with Gasteiger partial charge in [-0.1, -0.05) is 0 Å². The number of aliphatic carboxylic acids is 1. The van der Waals surface area contributed by atoms with Gasteiger partial charge in [-0.2, -0.15) is 0 Å². The number of hydrogen-bond acceptors (Lipinski definition) is 5. The molecule has 2 heterocycles. The van der Waals surface area contributed by atoms with Crippen molar-refractivity contribution < 1.29 is 19.5 Å². The summed E-state index contributed by atoms with van der Waals surface area (Å²) in [7, 11) is 0. The number of carboxylic acids is 1. The molecule has 1 aliphatic rings. The van der Waals surface area contributed by atoms with Crippen LogP contribution in [0.4, 0.5) is 5.00 Å². The van der Waals surface area contributed by atoms with Gasteiger partial charge in [-0.3, -0.25) is 19.3 Å². The summed E-state index contributed by atoms with van der Waals surface area (Å²) in [6, 6.07) is 1.56. The summed E-state index contributed by atoms with van der Waals surface area (Å²) < 4.78 is 0. The predicted molar refractivity (Wildman–Crippen MR) is 73.6 cm³/mol. The van der Waals surface area contributed by atoms with Gasteiger partial charge in [0.15, 0.2) is 0 Å². The molecule has 1 fully saturated rings. The average Bonchev–Trinajstić information content (AvgIpc) is 2.73. The highest BCUT2D eigenvalue weighted by Crippen LogP contribution is 2.23. The van der Waals surface area contributed by atoms with Crippen LogP contribution in [-0.4, -0.2) is 47.4 Å². The Balaban J connectivity index is 1.78. The van der Waals surface area contributed by atoms with E-state index >= 15 is 0 Å². The molecule has 0 bridgehead atoms. The maximum atomic E-state index is 11.8. The number of nitrogens with one attached hydrogen (secondary N) is 1. The monoisotopic (exact) mass is 297 g/mol. The third-order valence-corrected chi connectivity index (χ3v) is 3.88. The molecular weight excluding hydrogens is 282 g/mol. The maximum absolute atomic E-state index is 11.8. The van der Waals surface area contributed by atoms with Crippen LogP contribution in [0, 0.1) is 5.92 Å². The largest absolute Gasteiger partial charge is 0.481 e. The molecule has 0 aromatic carbocycles. The molecule has 20 heavy (non-hydrogen) atoms. The van der Waals surface area contributed by atoms with Crippen molar-refractivity contribution in [3.63, 3.8) is 0 Å². The molecule has 4 N–H and O–H groups in total. The Morgan fingerprint density at radius 2 is 2.15 bits per heavy atom. The first-order valence-corrected chi connectivity index (χ1v) is 6.95. The fourth-order valence-electron chi connectivity index (χ4n) is 2.15. The molecule has 0 atom stereocenters. The highest BCUT2D eigenvalue weighted by atomic mass is 32.1. The lowest BCUT2D eigenvalue weighted by atomic mass is 9.96. The van der Waals surface area contributed by atoms with Crippen molar-refractivity contribution in [3.05, 3.63) is 17.0 Å². The summed E-state index contributed by atoms with van der Waals surface area (Å²) in [5, 5.41) is 13.4. The number of carbonyl (C=O) groups excluding carboxylic acids is 2. The number of likely N-dealkylation sites (tertiary alicyclic amines) is 1. The van der Waals surface area contributed by atoms with Gasteiger partial charge in [0.05, 0.1) is 18.5 Å². The predicted octanol–water partition coefficient (Wildman–Crippen LogP) is 0.192. The molecule has 2 amide bonds. The molecule has 0 radical (unpaired) electrons. The summed E-state index contributed by atoms with van der Waals surface area (Å²) in [5.74, 6) is -1.51. The molecular formula is C12H15N3O4S. The number of nitrogens with two attached hydrogens (primary N) is 1. The van der Waals surface area contributed by atoms with Gasteiger partial charge in [-0.15, -0.1) is 11.3 Å². The van der Waals surface area contributed by atoms with Gasteiger partial charge in [0.2, 0.25) is 5.91 Å². The van der Waals surface area contributed by atoms with Crippen molar-refractivity contribution in [2.75, 3.05) is 25.0 Å². The first kappa shape index (κ1) is 14.5. The molecule has 8 heteroatoms. The normalized spacial score (nSPS) is 15.6. The topological polar surface area (TPSA) is 113 Å². The number of carbonyl (C=O) groups is 3. The van der Waals surface area contributed by atoms with Crippen molar-refractivity contribution in [2.45, 2.75) is 6.42 Å². The van der Waals surface area contributed by atoms with Crippen LogP contribution in [-0.2, 0) is 9.59 Å². The molecule has 7 nitrogen and oxygen atoms in total. The lowest BCUT2D eigenvalue weighted by molar-refractivity contribution is -0.139. The SMILES string of the molecule is NC(=O)c1ccsc1NC(=O)CN1CC(CC(=O)O)C1. The molecule has 2 rings (SSSR count). The summed E-state index contributed by atoms with van der Waals surface area (Å²) >= 11 is 1.24. The van der Waals surface area contributed by atoms with Gasteiger partial charge in [-0.25, -0.2) is 0 Å². The molecule has 108 valence electrons. The van der Waals surface area contributed by atoms with Gasteiger partial charge in [0.1, 0.15) is 5.00 Å². The quantitative estimate of drug-likeness (QED) is 0.694. The van der Waals surface area contributed by atoms with Crippen LogP contribution < -0.4 is 11.1 Å². The van der Waals surface area contributed by atoms with Crippen LogP contribution in [0.3, 0.4) is 0 Å². The second-order valence-corrected chi connectivity index (χ2v) is 5.65. The minimum atomic E-state index is -0.816. The van der Waals surface area contributed by atoms with E-state index in [1.54, 1.807) is 11.4 Å². The second-order valence-electron chi connectivity index (χ2n) is 4.73. The zero-order chi connectivity index (χ0) is 14.7. The first-order chi connectivity index (χ1) is 9.45. The Labute approximate surface area is 119 Å². The van der Waals surface area contributed by atoms with Gasteiger partial charge in [-0.05, 0) is 17.4 Å². The van der Waals surface area contributed by atoms with Crippen LogP contribution in [0.2, 0.25) is 0 Å². The zero-order valence-electron chi connectivity index (χ0n) is 10.7. The van der Waals surface area contributed by atoms with Gasteiger partial charge in [0, 0.05) is 13.1 Å². The van der Waals surface area contributed by atoms with Crippen molar-refractivity contribution >= 4 is 34.1 Å². The van der Waals surface area contributed by atoms with Crippen LogP contribution in [0.5, 0.6) is 0 Å². The van der Waals surface area contributed by atoms with Crippen LogP contribution >= 0.6 is 11.3 Å². The number of primary amides is 1. The third-order valence-electron chi connectivity index (χ3n) is 3.05. The Kier molecular flexibility index (Phi) is 4.35. The lowest BCUT2D eigenvalue weighted by Crippen LogP contribution is -2.50. The lowest BCUT2D eigenvalue weighted by Gasteiger charge is -2.37. The zero-order valence-corrected chi connectivity index (χ0v) is 11.5. The van der Waals surface area contributed by atoms with Crippen molar-refractivity contribution in [2.24, 2.45) is 11.7 Å². The summed E-state index contributed by atoms with van der Waals surface area (Å²) in [5.41, 5.74) is 5.49. The molecule has 0 aliphatic carbocycles. The number of rotatable bonds is 6. The number of nitrogens with zero attached hydrogens (tertiary/aromatic N) is 1. The third kappa shape index (κ3) is 3.55. The van der Waals surface area contributed by atoms with E-state index in [1.165, 1.54) is 11.3 Å². The molecule has 1 aliphatic heterocycles. The van der Waals surface area contributed by atoms with E-state index in [9.17, 15) is 14.4 Å². The van der Waals surface area contributed by atoms with Gasteiger partial charge >= 0.3 is 5.97 Å². The standard InChI is InChI=1S/C12H15N3O4S/c13-11(19)8-1-2-20-12(8)14-9(16)6-15-4-7(5-15)3-10(17)18/h1-2,7H,3-6H2,(H2,13,19)(H,14,16)(H,17,18). The van der Waals surface area contributed by atoms with Gasteiger partial charge < -0.3 is 16.2 Å². The van der Waals surface area contributed by atoms with Crippen LogP contribution in [0.15, 0.2) is 11.4 Å².